The van der Waals surface area contributed by atoms with Gasteiger partial charge in [-0.15, -0.1) is 0 Å². The maximum atomic E-state index is 13.3. The van der Waals surface area contributed by atoms with Crippen LogP contribution >= 0.6 is 0 Å². The van der Waals surface area contributed by atoms with Crippen molar-refractivity contribution in [1.82, 2.24) is 0 Å². The molecule has 0 saturated heterocycles. The van der Waals surface area contributed by atoms with E-state index < -0.39 is 5.91 Å². The highest BCUT2D eigenvalue weighted by Gasteiger charge is 2.40. The van der Waals surface area contributed by atoms with Gasteiger partial charge in [-0.05, 0) is 29.8 Å². The summed E-state index contributed by atoms with van der Waals surface area (Å²) >= 11 is 0. The van der Waals surface area contributed by atoms with Crippen LogP contribution in [-0.2, 0) is 9.59 Å². The molecule has 5 rings (SSSR count). The molecular weight excluding hydrogens is 368 g/mol. The molecule has 0 unspecified atom stereocenters. The summed E-state index contributed by atoms with van der Waals surface area (Å²) in [6.07, 6.45) is 0. The van der Waals surface area contributed by atoms with Crippen LogP contribution in [0.4, 0.5) is 11.4 Å². The highest BCUT2D eigenvalue weighted by molar-refractivity contribution is 6.46. The number of fused-ring (bicyclic) bond motifs is 1. The minimum absolute atomic E-state index is 0.163. The topological polar surface area (TPSA) is 67.9 Å². The number of imide groups is 1. The Bertz CT molecular complexity index is 1140. The van der Waals surface area contributed by atoms with Gasteiger partial charge >= 0.3 is 0 Å². The second-order valence-corrected chi connectivity index (χ2v) is 6.59. The van der Waals surface area contributed by atoms with Crippen LogP contribution in [0, 0.1) is 0 Å². The standard InChI is InChI=1S/C23H16N2O4/c26-22-20(15-7-3-1-4-8-15)21(23(27)25(22)17-9-5-2-6-10-17)24-16-11-12-18-19(13-16)29-14-28-18/h1-13,24H,14H2. The predicted molar refractivity (Wildman–Crippen MR) is 108 cm³/mol. The predicted octanol–water partition coefficient (Wildman–Crippen LogP) is 3.81. The van der Waals surface area contributed by atoms with Gasteiger partial charge in [0.2, 0.25) is 6.79 Å². The quantitative estimate of drug-likeness (QED) is 0.693. The van der Waals surface area contributed by atoms with Crippen LogP contribution in [0.25, 0.3) is 5.57 Å². The van der Waals surface area contributed by atoms with Crippen molar-refractivity contribution in [2.45, 2.75) is 0 Å². The molecule has 3 aromatic rings. The Morgan fingerprint density at radius 2 is 1.45 bits per heavy atom. The summed E-state index contributed by atoms with van der Waals surface area (Å²) in [5, 5.41) is 3.13. The number of benzene rings is 3. The zero-order valence-corrected chi connectivity index (χ0v) is 15.3. The summed E-state index contributed by atoms with van der Waals surface area (Å²) < 4.78 is 10.7. The van der Waals surface area contributed by atoms with Gasteiger partial charge in [-0.25, -0.2) is 4.90 Å². The number of anilines is 2. The van der Waals surface area contributed by atoms with Crippen molar-refractivity contribution in [3.05, 3.63) is 90.1 Å². The normalized spacial score (nSPS) is 15.2. The van der Waals surface area contributed by atoms with Gasteiger partial charge in [0.05, 0.1) is 11.3 Å². The molecule has 29 heavy (non-hydrogen) atoms. The first-order valence-electron chi connectivity index (χ1n) is 9.12. The molecule has 142 valence electrons. The Morgan fingerprint density at radius 3 is 2.21 bits per heavy atom. The molecule has 0 radical (unpaired) electrons. The summed E-state index contributed by atoms with van der Waals surface area (Å²) in [7, 11) is 0. The molecule has 0 spiro atoms. The van der Waals surface area contributed by atoms with E-state index in [1.54, 1.807) is 42.5 Å². The Kier molecular flexibility index (Phi) is 4.02. The number of rotatable bonds is 4. The van der Waals surface area contributed by atoms with E-state index in [1.165, 1.54) is 4.90 Å². The van der Waals surface area contributed by atoms with E-state index in [-0.39, 0.29) is 18.4 Å². The number of nitrogens with zero attached hydrogens (tertiary/aromatic N) is 1. The highest BCUT2D eigenvalue weighted by Crippen LogP contribution is 2.37. The van der Waals surface area contributed by atoms with Crippen molar-refractivity contribution < 1.29 is 19.1 Å². The van der Waals surface area contributed by atoms with Crippen LogP contribution < -0.4 is 19.7 Å². The van der Waals surface area contributed by atoms with Crippen LogP contribution in [0.3, 0.4) is 0 Å². The molecule has 6 nitrogen and oxygen atoms in total. The molecule has 2 amide bonds. The summed E-state index contributed by atoms with van der Waals surface area (Å²) in [6, 6.07) is 23.4. The van der Waals surface area contributed by atoms with Crippen LogP contribution in [0.15, 0.2) is 84.6 Å². The van der Waals surface area contributed by atoms with E-state index in [1.807, 2.05) is 36.4 Å². The third-order valence-electron chi connectivity index (χ3n) is 4.80. The monoisotopic (exact) mass is 384 g/mol. The Labute approximate surface area is 167 Å². The molecule has 2 aliphatic rings. The molecular formula is C23H16N2O4. The van der Waals surface area contributed by atoms with E-state index in [0.717, 1.165) is 0 Å². The van der Waals surface area contributed by atoms with Gasteiger partial charge in [-0.3, -0.25) is 9.59 Å². The second kappa shape index (κ2) is 6.83. The molecule has 0 aliphatic carbocycles. The third kappa shape index (κ3) is 2.91. The average Bonchev–Trinajstić information content (AvgIpc) is 3.31. The zero-order valence-electron chi connectivity index (χ0n) is 15.3. The molecule has 2 aliphatic heterocycles. The van der Waals surface area contributed by atoms with Crippen molar-refractivity contribution in [1.29, 1.82) is 0 Å². The van der Waals surface area contributed by atoms with Crippen LogP contribution in [0.2, 0.25) is 0 Å². The minimum Gasteiger partial charge on any atom is -0.454 e. The Hall–Kier alpha value is -4.06. The van der Waals surface area contributed by atoms with Crippen molar-refractivity contribution in [2.24, 2.45) is 0 Å². The minimum atomic E-state index is -0.405. The van der Waals surface area contributed by atoms with Crippen LogP contribution in [-0.4, -0.2) is 18.6 Å². The lowest BCUT2D eigenvalue weighted by atomic mass is 10.0. The lowest BCUT2D eigenvalue weighted by Gasteiger charge is -2.15. The second-order valence-electron chi connectivity index (χ2n) is 6.59. The third-order valence-corrected chi connectivity index (χ3v) is 4.80. The first-order valence-corrected chi connectivity index (χ1v) is 9.12. The van der Waals surface area contributed by atoms with E-state index in [4.69, 9.17) is 9.47 Å². The van der Waals surface area contributed by atoms with E-state index in [2.05, 4.69) is 5.32 Å². The fourth-order valence-electron chi connectivity index (χ4n) is 3.45. The number of nitrogens with one attached hydrogen (secondary N) is 1. The lowest BCUT2D eigenvalue weighted by molar-refractivity contribution is -0.120. The molecule has 1 N–H and O–H groups in total. The number of para-hydroxylation sites is 1. The maximum absolute atomic E-state index is 13.3. The lowest BCUT2D eigenvalue weighted by Crippen LogP contribution is -2.32. The fourth-order valence-corrected chi connectivity index (χ4v) is 3.45. The number of carbonyl (C=O) groups is 2. The fraction of sp³-hybridized carbons (Fsp3) is 0.0435. The number of hydrogen-bond donors (Lipinski definition) is 1. The number of carbonyl (C=O) groups excluding carboxylic acids is 2. The van der Waals surface area contributed by atoms with Gasteiger partial charge in [0.15, 0.2) is 11.5 Å². The summed E-state index contributed by atoms with van der Waals surface area (Å²) in [6.45, 7) is 0.163. The van der Waals surface area contributed by atoms with Gasteiger partial charge in [-0.2, -0.15) is 0 Å². The van der Waals surface area contributed by atoms with Gasteiger partial charge in [-0.1, -0.05) is 48.5 Å². The molecule has 0 bridgehead atoms. The summed E-state index contributed by atoms with van der Waals surface area (Å²) in [5.74, 6) is 0.467. The molecule has 3 aromatic carbocycles. The molecule has 0 atom stereocenters. The van der Waals surface area contributed by atoms with E-state index in [9.17, 15) is 9.59 Å². The summed E-state index contributed by atoms with van der Waals surface area (Å²) in [4.78, 5) is 27.7. The Balaban J connectivity index is 1.59. The van der Waals surface area contributed by atoms with Crippen molar-refractivity contribution in [3.63, 3.8) is 0 Å². The molecule has 6 heteroatoms. The number of amides is 2. The molecule has 0 fully saturated rings. The van der Waals surface area contributed by atoms with Crippen molar-refractivity contribution in [2.75, 3.05) is 17.0 Å². The summed E-state index contributed by atoms with van der Waals surface area (Å²) in [5.41, 5.74) is 2.39. The zero-order chi connectivity index (χ0) is 19.8. The van der Waals surface area contributed by atoms with Gasteiger partial charge in [0, 0.05) is 11.8 Å². The van der Waals surface area contributed by atoms with Gasteiger partial charge in [0.1, 0.15) is 5.70 Å². The van der Waals surface area contributed by atoms with Gasteiger partial charge in [0.25, 0.3) is 11.8 Å². The van der Waals surface area contributed by atoms with Crippen LogP contribution in [0.5, 0.6) is 11.5 Å². The molecule has 2 heterocycles. The molecule has 0 aromatic heterocycles. The maximum Gasteiger partial charge on any atom is 0.282 e. The number of ether oxygens (including phenoxy) is 2. The Morgan fingerprint density at radius 1 is 0.759 bits per heavy atom. The average molecular weight is 384 g/mol. The van der Waals surface area contributed by atoms with E-state index >= 15 is 0 Å². The largest absolute Gasteiger partial charge is 0.454 e. The van der Waals surface area contributed by atoms with Crippen molar-refractivity contribution in [3.8, 4) is 11.5 Å². The van der Waals surface area contributed by atoms with Crippen molar-refractivity contribution >= 4 is 28.8 Å². The van der Waals surface area contributed by atoms with Gasteiger partial charge < -0.3 is 14.8 Å². The van der Waals surface area contributed by atoms with E-state index in [0.29, 0.717) is 34.0 Å². The first-order chi connectivity index (χ1) is 14.2. The van der Waals surface area contributed by atoms with Crippen LogP contribution in [0.1, 0.15) is 5.56 Å². The SMILES string of the molecule is O=C1C(Nc2ccc3c(c2)OCO3)=C(c2ccccc2)C(=O)N1c1ccccc1. The number of hydrogen-bond acceptors (Lipinski definition) is 5. The highest BCUT2D eigenvalue weighted by atomic mass is 16.7. The first kappa shape index (κ1) is 17.1. The molecule has 0 saturated carbocycles. The smallest absolute Gasteiger partial charge is 0.282 e.